The summed E-state index contributed by atoms with van der Waals surface area (Å²) >= 11 is 0. The molecule has 178 valence electrons. The smallest absolute Gasteiger partial charge is 0.114 e. The average Bonchev–Trinajstić information content (AvgIpc) is 2.99. The molecule has 0 saturated carbocycles. The van der Waals surface area contributed by atoms with Gasteiger partial charge in [-0.25, -0.2) is 0 Å². The first-order chi connectivity index (χ1) is 18.8. The Bertz CT molecular complexity index is 1680. The summed E-state index contributed by atoms with van der Waals surface area (Å²) in [6.45, 7) is 0. The molecule has 0 saturated heterocycles. The highest BCUT2D eigenvalue weighted by molar-refractivity contribution is 6.36. The zero-order chi connectivity index (χ0) is 25.7. The van der Waals surface area contributed by atoms with Crippen LogP contribution in [0.4, 0.5) is 17.1 Å². The number of para-hydroxylation sites is 3. The maximum atomic E-state index is 6.49. The van der Waals surface area contributed by atoms with Gasteiger partial charge in [-0.3, -0.25) is 0 Å². The minimum absolute atomic E-state index is 0.760. The largest absolute Gasteiger partial charge is 0.309 e. The van der Waals surface area contributed by atoms with E-state index < -0.39 is 0 Å². The molecule has 2 radical (unpaired) electrons. The number of anilines is 3. The van der Waals surface area contributed by atoms with Crippen LogP contribution in [0.3, 0.4) is 0 Å². The Labute approximate surface area is 226 Å². The van der Waals surface area contributed by atoms with E-state index in [0.29, 0.717) is 0 Å². The highest BCUT2D eigenvalue weighted by Crippen LogP contribution is 2.45. The number of rotatable bonds is 6. The average molecular weight is 483 g/mol. The molecular weight excluding hydrogens is 457 g/mol. The Balaban J connectivity index is 1.62. The fourth-order valence-corrected chi connectivity index (χ4v) is 5.11. The molecule has 1 nitrogen and oxygen atoms in total. The summed E-state index contributed by atoms with van der Waals surface area (Å²) < 4.78 is 0. The lowest BCUT2D eigenvalue weighted by molar-refractivity contribution is 1.28. The Morgan fingerprint density at radius 2 is 0.763 bits per heavy atom. The van der Waals surface area contributed by atoms with Crippen LogP contribution in [0.25, 0.3) is 33.4 Å². The quantitative estimate of drug-likeness (QED) is 0.214. The van der Waals surface area contributed by atoms with Crippen LogP contribution in [0.5, 0.6) is 0 Å². The van der Waals surface area contributed by atoms with Crippen LogP contribution < -0.4 is 10.4 Å². The number of nitrogens with zero attached hydrogens (tertiary/aromatic N) is 1. The Morgan fingerprint density at radius 1 is 0.342 bits per heavy atom. The minimum Gasteiger partial charge on any atom is -0.309 e. The molecule has 0 atom stereocenters. The molecular formula is C36H26BN. The van der Waals surface area contributed by atoms with Crippen molar-refractivity contribution in [3.8, 4) is 33.4 Å². The summed E-state index contributed by atoms with van der Waals surface area (Å²) in [7, 11) is 6.49. The van der Waals surface area contributed by atoms with Crippen LogP contribution in [0.15, 0.2) is 158 Å². The van der Waals surface area contributed by atoms with Crippen molar-refractivity contribution in [3.63, 3.8) is 0 Å². The van der Waals surface area contributed by atoms with Gasteiger partial charge in [0.1, 0.15) is 7.85 Å². The van der Waals surface area contributed by atoms with E-state index in [-0.39, 0.29) is 0 Å². The Hall–Kier alpha value is -4.82. The second-order valence-corrected chi connectivity index (χ2v) is 9.20. The van der Waals surface area contributed by atoms with Crippen LogP contribution >= 0.6 is 0 Å². The van der Waals surface area contributed by atoms with Gasteiger partial charge >= 0.3 is 0 Å². The lowest BCUT2D eigenvalue weighted by Crippen LogP contribution is -2.14. The van der Waals surface area contributed by atoms with E-state index in [1.165, 1.54) is 16.7 Å². The van der Waals surface area contributed by atoms with E-state index in [1.54, 1.807) is 0 Å². The number of benzene rings is 6. The molecule has 0 spiro atoms. The predicted octanol–water partition coefficient (Wildman–Crippen LogP) is 8.95. The monoisotopic (exact) mass is 483 g/mol. The van der Waals surface area contributed by atoms with E-state index in [0.717, 1.165) is 39.2 Å². The number of hydrogen-bond acceptors (Lipinski definition) is 1. The van der Waals surface area contributed by atoms with Gasteiger partial charge in [-0.1, -0.05) is 139 Å². The summed E-state index contributed by atoms with van der Waals surface area (Å²) in [5.74, 6) is 0. The van der Waals surface area contributed by atoms with E-state index in [9.17, 15) is 0 Å². The zero-order valence-corrected chi connectivity index (χ0v) is 21.0. The minimum atomic E-state index is 0.760. The van der Waals surface area contributed by atoms with Crippen LogP contribution in [-0.4, -0.2) is 7.85 Å². The van der Waals surface area contributed by atoms with Crippen molar-refractivity contribution in [1.82, 2.24) is 0 Å². The van der Waals surface area contributed by atoms with Gasteiger partial charge in [0.05, 0.1) is 11.4 Å². The molecule has 0 aliphatic rings. The third kappa shape index (κ3) is 4.53. The van der Waals surface area contributed by atoms with Crippen molar-refractivity contribution in [2.24, 2.45) is 0 Å². The molecule has 6 rings (SSSR count). The fourth-order valence-electron chi connectivity index (χ4n) is 5.11. The highest BCUT2D eigenvalue weighted by Gasteiger charge is 2.21. The van der Waals surface area contributed by atoms with Crippen LogP contribution in [0.2, 0.25) is 0 Å². The maximum absolute atomic E-state index is 6.49. The van der Waals surface area contributed by atoms with E-state index >= 15 is 0 Å². The molecule has 0 amide bonds. The second kappa shape index (κ2) is 10.7. The van der Waals surface area contributed by atoms with Crippen molar-refractivity contribution in [1.29, 1.82) is 0 Å². The molecule has 0 heterocycles. The molecule has 0 aliphatic heterocycles. The van der Waals surface area contributed by atoms with Gasteiger partial charge < -0.3 is 4.90 Å². The van der Waals surface area contributed by atoms with Gasteiger partial charge in [0, 0.05) is 16.8 Å². The van der Waals surface area contributed by atoms with E-state index in [1.807, 2.05) is 18.2 Å². The predicted molar refractivity (Wildman–Crippen MR) is 163 cm³/mol. The summed E-state index contributed by atoms with van der Waals surface area (Å²) in [5.41, 5.74) is 10.9. The van der Waals surface area contributed by atoms with Gasteiger partial charge in [0.2, 0.25) is 0 Å². The van der Waals surface area contributed by atoms with Crippen molar-refractivity contribution in [3.05, 3.63) is 158 Å². The topological polar surface area (TPSA) is 3.24 Å². The normalized spacial score (nSPS) is 10.7. The van der Waals surface area contributed by atoms with Gasteiger partial charge in [-0.05, 0) is 46.5 Å². The van der Waals surface area contributed by atoms with E-state index in [4.69, 9.17) is 7.85 Å². The zero-order valence-electron chi connectivity index (χ0n) is 21.0. The SMILES string of the molecule is [B]c1ccccc1-c1ccccc1N(c1ccccc1)c1ccccc1-c1ccccc1-c1ccccc1. The van der Waals surface area contributed by atoms with Crippen molar-refractivity contribution < 1.29 is 0 Å². The first-order valence-corrected chi connectivity index (χ1v) is 12.8. The second-order valence-electron chi connectivity index (χ2n) is 9.20. The molecule has 2 heteroatoms. The first kappa shape index (κ1) is 23.6. The molecule has 0 aromatic heterocycles. The lowest BCUT2D eigenvalue weighted by Gasteiger charge is -2.30. The van der Waals surface area contributed by atoms with Crippen LogP contribution in [-0.2, 0) is 0 Å². The summed E-state index contributed by atoms with van der Waals surface area (Å²) in [6, 6.07) is 55.0. The molecule has 6 aromatic carbocycles. The molecule has 0 unspecified atom stereocenters. The number of hydrogen-bond donors (Lipinski definition) is 0. The molecule has 0 aliphatic carbocycles. The van der Waals surface area contributed by atoms with Gasteiger partial charge in [-0.15, -0.1) is 0 Å². The summed E-state index contributed by atoms with van der Waals surface area (Å²) in [4.78, 5) is 2.35. The first-order valence-electron chi connectivity index (χ1n) is 12.8. The van der Waals surface area contributed by atoms with Crippen molar-refractivity contribution >= 4 is 30.4 Å². The third-order valence-corrected chi connectivity index (χ3v) is 6.86. The van der Waals surface area contributed by atoms with Crippen molar-refractivity contribution in [2.75, 3.05) is 4.90 Å². The Morgan fingerprint density at radius 3 is 1.37 bits per heavy atom. The van der Waals surface area contributed by atoms with Gasteiger partial charge in [0.15, 0.2) is 0 Å². The van der Waals surface area contributed by atoms with Gasteiger partial charge in [0.25, 0.3) is 0 Å². The fraction of sp³-hybridized carbons (Fsp3) is 0. The Kier molecular flexibility index (Phi) is 6.61. The molecule has 38 heavy (non-hydrogen) atoms. The summed E-state index contributed by atoms with van der Waals surface area (Å²) in [6.07, 6.45) is 0. The lowest BCUT2D eigenvalue weighted by atomic mass is 9.86. The van der Waals surface area contributed by atoms with Crippen molar-refractivity contribution in [2.45, 2.75) is 0 Å². The van der Waals surface area contributed by atoms with Crippen LogP contribution in [0.1, 0.15) is 0 Å². The highest BCUT2D eigenvalue weighted by atomic mass is 15.1. The maximum Gasteiger partial charge on any atom is 0.114 e. The third-order valence-electron chi connectivity index (χ3n) is 6.86. The molecule has 0 N–H and O–H groups in total. The molecule has 0 bridgehead atoms. The molecule has 0 fully saturated rings. The van der Waals surface area contributed by atoms with Gasteiger partial charge in [-0.2, -0.15) is 0 Å². The summed E-state index contributed by atoms with van der Waals surface area (Å²) in [5, 5.41) is 0. The van der Waals surface area contributed by atoms with Crippen LogP contribution in [0, 0.1) is 0 Å². The van der Waals surface area contributed by atoms with E-state index in [2.05, 4.69) is 144 Å². The molecule has 6 aromatic rings. The standard InChI is InChI=1S/C36H26BN/c37-34-24-12-9-21-31(34)33-23-11-14-26-36(33)38(28-17-5-2-6-18-28)35-25-13-10-22-32(35)30-20-8-7-19-29(30)27-15-3-1-4-16-27/h1-26H.